The van der Waals surface area contributed by atoms with Gasteiger partial charge in [0.05, 0.1) is 20.8 Å². The third-order valence-corrected chi connectivity index (χ3v) is 5.64. The highest BCUT2D eigenvalue weighted by atomic mass is 79.9. The number of benzene rings is 3. The van der Waals surface area contributed by atoms with Crippen molar-refractivity contribution < 1.29 is 19.0 Å². The molecule has 0 spiro atoms. The van der Waals surface area contributed by atoms with E-state index in [4.69, 9.17) is 14.2 Å². The molecule has 0 aliphatic rings. The van der Waals surface area contributed by atoms with Crippen molar-refractivity contribution in [2.75, 3.05) is 32.7 Å². The summed E-state index contributed by atoms with van der Waals surface area (Å²) in [5, 5.41) is 3.00. The molecule has 3 rings (SSSR count). The first-order valence-electron chi connectivity index (χ1n) is 10.8. The molecule has 0 atom stereocenters. The Labute approximate surface area is 203 Å². The van der Waals surface area contributed by atoms with Gasteiger partial charge in [0.2, 0.25) is 0 Å². The molecule has 0 unspecified atom stereocenters. The van der Waals surface area contributed by atoms with Crippen molar-refractivity contribution in [3.8, 4) is 17.2 Å². The van der Waals surface area contributed by atoms with Crippen LogP contribution in [0.1, 0.15) is 18.1 Å². The quantitative estimate of drug-likeness (QED) is 0.354. The molecule has 7 heteroatoms. The van der Waals surface area contributed by atoms with Gasteiger partial charge in [0.25, 0.3) is 0 Å². The molecule has 3 aromatic rings. The number of nitrogens with one attached hydrogen (secondary N) is 1. The van der Waals surface area contributed by atoms with Crippen LogP contribution in [0.2, 0.25) is 0 Å². The van der Waals surface area contributed by atoms with Gasteiger partial charge in [0, 0.05) is 23.2 Å². The zero-order valence-corrected chi connectivity index (χ0v) is 20.7. The summed E-state index contributed by atoms with van der Waals surface area (Å²) in [6.45, 7) is 3.58. The van der Waals surface area contributed by atoms with Crippen LogP contribution in [0.25, 0.3) is 0 Å². The first kappa shape index (κ1) is 24.5. The van der Waals surface area contributed by atoms with Gasteiger partial charge in [0.15, 0.2) is 11.5 Å². The lowest BCUT2D eigenvalue weighted by atomic mass is 10.1. The van der Waals surface area contributed by atoms with Crippen LogP contribution < -0.4 is 19.5 Å². The highest BCUT2D eigenvalue weighted by molar-refractivity contribution is 9.10. The van der Waals surface area contributed by atoms with Crippen LogP contribution in [-0.2, 0) is 13.0 Å². The molecule has 0 aromatic heterocycles. The van der Waals surface area contributed by atoms with Crippen LogP contribution in [0.5, 0.6) is 17.2 Å². The minimum atomic E-state index is -0.160. The predicted molar refractivity (Wildman–Crippen MR) is 134 cm³/mol. The molecular weight excluding hydrogens is 484 g/mol. The molecule has 0 heterocycles. The smallest absolute Gasteiger partial charge is 0.322 e. The number of hydrogen-bond acceptors (Lipinski definition) is 4. The molecule has 0 aliphatic carbocycles. The standard InChI is InChI=1S/C26H29BrN2O4/c1-4-33-23-12-5-20(6-13-23)18-29(26(30)28-22-10-8-21(27)9-11-22)16-15-19-7-14-24(31-2)25(17-19)32-3/h5-14,17H,4,15-16,18H2,1-3H3,(H,28,30). The summed E-state index contributed by atoms with van der Waals surface area (Å²) in [4.78, 5) is 14.9. The summed E-state index contributed by atoms with van der Waals surface area (Å²) in [6, 6.07) is 21.0. The van der Waals surface area contributed by atoms with Crippen molar-refractivity contribution in [2.45, 2.75) is 19.9 Å². The Morgan fingerprint density at radius 2 is 1.58 bits per heavy atom. The fourth-order valence-electron chi connectivity index (χ4n) is 3.37. The number of nitrogens with zero attached hydrogens (tertiary/aromatic N) is 1. The van der Waals surface area contributed by atoms with Crippen molar-refractivity contribution >= 4 is 27.6 Å². The van der Waals surface area contributed by atoms with E-state index in [1.807, 2.05) is 73.7 Å². The van der Waals surface area contributed by atoms with E-state index in [1.54, 1.807) is 19.1 Å². The van der Waals surface area contributed by atoms with Gasteiger partial charge in [-0.05, 0) is 73.0 Å². The minimum absolute atomic E-state index is 0.160. The third-order valence-electron chi connectivity index (χ3n) is 5.11. The number of halogens is 1. The highest BCUT2D eigenvalue weighted by Crippen LogP contribution is 2.28. The summed E-state index contributed by atoms with van der Waals surface area (Å²) in [5.74, 6) is 2.17. The van der Waals surface area contributed by atoms with E-state index in [-0.39, 0.29) is 6.03 Å². The van der Waals surface area contributed by atoms with Gasteiger partial charge in [-0.25, -0.2) is 4.79 Å². The fraction of sp³-hybridized carbons (Fsp3) is 0.269. The van der Waals surface area contributed by atoms with Crippen molar-refractivity contribution in [1.29, 1.82) is 0 Å². The van der Waals surface area contributed by atoms with E-state index < -0.39 is 0 Å². The second-order valence-electron chi connectivity index (χ2n) is 7.37. The van der Waals surface area contributed by atoms with E-state index in [0.717, 1.165) is 27.0 Å². The van der Waals surface area contributed by atoms with Crippen molar-refractivity contribution in [1.82, 2.24) is 4.90 Å². The van der Waals surface area contributed by atoms with Crippen molar-refractivity contribution in [2.24, 2.45) is 0 Å². The molecule has 33 heavy (non-hydrogen) atoms. The Balaban J connectivity index is 1.75. The molecule has 3 aromatic carbocycles. The fourth-order valence-corrected chi connectivity index (χ4v) is 3.63. The average molecular weight is 513 g/mol. The van der Waals surface area contributed by atoms with Gasteiger partial charge in [0.1, 0.15) is 5.75 Å². The zero-order chi connectivity index (χ0) is 23.6. The van der Waals surface area contributed by atoms with Crippen molar-refractivity contribution in [3.05, 3.63) is 82.3 Å². The molecule has 0 radical (unpaired) electrons. The van der Waals surface area contributed by atoms with Gasteiger partial charge in [-0.3, -0.25) is 0 Å². The van der Waals surface area contributed by atoms with Gasteiger partial charge in [-0.2, -0.15) is 0 Å². The van der Waals surface area contributed by atoms with Crippen LogP contribution in [0.4, 0.5) is 10.5 Å². The van der Waals surface area contributed by atoms with E-state index >= 15 is 0 Å². The number of hydrogen-bond donors (Lipinski definition) is 1. The van der Waals surface area contributed by atoms with Crippen LogP contribution in [0.3, 0.4) is 0 Å². The second kappa shape index (κ2) is 12.2. The molecule has 0 saturated heterocycles. The number of amides is 2. The lowest BCUT2D eigenvalue weighted by molar-refractivity contribution is 0.209. The number of carbonyl (C=O) groups is 1. The number of carbonyl (C=O) groups excluding carboxylic acids is 1. The van der Waals surface area contributed by atoms with Crippen LogP contribution >= 0.6 is 15.9 Å². The SMILES string of the molecule is CCOc1ccc(CN(CCc2ccc(OC)c(OC)c2)C(=O)Nc2ccc(Br)cc2)cc1. The summed E-state index contributed by atoms with van der Waals surface area (Å²) in [5.41, 5.74) is 2.82. The molecule has 1 N–H and O–H groups in total. The number of ether oxygens (including phenoxy) is 3. The molecule has 0 aliphatic heterocycles. The number of methoxy groups -OCH3 is 2. The monoisotopic (exact) mass is 512 g/mol. The number of rotatable bonds is 10. The van der Waals surface area contributed by atoms with E-state index in [9.17, 15) is 4.79 Å². The normalized spacial score (nSPS) is 10.4. The van der Waals surface area contributed by atoms with Crippen LogP contribution in [0, 0.1) is 0 Å². The lowest BCUT2D eigenvalue weighted by Gasteiger charge is -2.24. The van der Waals surface area contributed by atoms with Gasteiger partial charge >= 0.3 is 6.03 Å². The largest absolute Gasteiger partial charge is 0.494 e. The highest BCUT2D eigenvalue weighted by Gasteiger charge is 2.15. The molecule has 0 fully saturated rings. The predicted octanol–water partition coefficient (Wildman–Crippen LogP) is 6.14. The number of urea groups is 1. The topological polar surface area (TPSA) is 60.0 Å². The first-order chi connectivity index (χ1) is 16.0. The Morgan fingerprint density at radius 3 is 2.21 bits per heavy atom. The maximum Gasteiger partial charge on any atom is 0.322 e. The van der Waals surface area contributed by atoms with Gasteiger partial charge < -0.3 is 24.4 Å². The van der Waals surface area contributed by atoms with Gasteiger partial charge in [-0.1, -0.05) is 34.1 Å². The number of anilines is 1. The summed E-state index contributed by atoms with van der Waals surface area (Å²) in [6.07, 6.45) is 0.672. The van der Waals surface area contributed by atoms with Crippen LogP contribution in [0.15, 0.2) is 71.2 Å². The molecule has 0 bridgehead atoms. The molecule has 6 nitrogen and oxygen atoms in total. The summed E-state index contributed by atoms with van der Waals surface area (Å²) in [7, 11) is 3.23. The first-order valence-corrected chi connectivity index (χ1v) is 11.6. The van der Waals surface area contributed by atoms with E-state index in [2.05, 4.69) is 21.2 Å². The van der Waals surface area contributed by atoms with E-state index in [1.165, 1.54) is 0 Å². The Kier molecular flexibility index (Phi) is 9.01. The zero-order valence-electron chi connectivity index (χ0n) is 19.1. The minimum Gasteiger partial charge on any atom is -0.494 e. The lowest BCUT2D eigenvalue weighted by Crippen LogP contribution is -2.36. The maximum atomic E-state index is 13.1. The molecule has 2 amide bonds. The van der Waals surface area contributed by atoms with E-state index in [0.29, 0.717) is 37.6 Å². The molecule has 0 saturated carbocycles. The van der Waals surface area contributed by atoms with Crippen molar-refractivity contribution in [3.63, 3.8) is 0 Å². The summed E-state index contributed by atoms with van der Waals surface area (Å²) >= 11 is 3.42. The molecule has 174 valence electrons. The Bertz CT molecular complexity index is 1040. The third kappa shape index (κ3) is 7.15. The second-order valence-corrected chi connectivity index (χ2v) is 8.29. The Hall–Kier alpha value is -3.19. The average Bonchev–Trinajstić information content (AvgIpc) is 2.84. The maximum absolute atomic E-state index is 13.1. The van der Waals surface area contributed by atoms with Gasteiger partial charge in [-0.15, -0.1) is 0 Å². The van der Waals surface area contributed by atoms with Crippen LogP contribution in [-0.4, -0.2) is 38.3 Å². The summed E-state index contributed by atoms with van der Waals surface area (Å²) < 4.78 is 17.2. The Morgan fingerprint density at radius 1 is 0.909 bits per heavy atom. The molecular formula is C26H29BrN2O4.